The maximum absolute atomic E-state index is 11.7. The summed E-state index contributed by atoms with van der Waals surface area (Å²) in [7, 11) is 1.54. The van der Waals surface area contributed by atoms with Gasteiger partial charge in [-0.05, 0) is 17.7 Å². The van der Waals surface area contributed by atoms with Gasteiger partial charge in [0.05, 0.1) is 17.8 Å². The van der Waals surface area contributed by atoms with E-state index < -0.39 is 6.09 Å². The Morgan fingerprint density at radius 1 is 1.20 bits per heavy atom. The number of benzene rings is 2. The van der Waals surface area contributed by atoms with Gasteiger partial charge in [-0.25, -0.2) is 4.79 Å². The van der Waals surface area contributed by atoms with Crippen LogP contribution < -0.4 is 10.1 Å². The van der Waals surface area contributed by atoms with E-state index in [4.69, 9.17) is 21.1 Å². The van der Waals surface area contributed by atoms with Crippen molar-refractivity contribution in [3.8, 4) is 5.75 Å². The molecule has 20 heavy (non-hydrogen) atoms. The molecule has 4 nitrogen and oxygen atoms in total. The predicted octanol–water partition coefficient (Wildman–Crippen LogP) is 4.10. The minimum Gasteiger partial charge on any atom is -0.497 e. The van der Waals surface area contributed by atoms with Crippen LogP contribution in [0.25, 0.3) is 0 Å². The zero-order valence-corrected chi connectivity index (χ0v) is 11.7. The smallest absolute Gasteiger partial charge is 0.412 e. The highest BCUT2D eigenvalue weighted by molar-refractivity contribution is 6.33. The summed E-state index contributed by atoms with van der Waals surface area (Å²) in [5, 5.41) is 3.00. The zero-order chi connectivity index (χ0) is 14.4. The molecule has 0 atom stereocenters. The van der Waals surface area contributed by atoms with Crippen LogP contribution in [0.15, 0.2) is 48.5 Å². The lowest BCUT2D eigenvalue weighted by Crippen LogP contribution is -2.13. The highest BCUT2D eigenvalue weighted by Crippen LogP contribution is 2.26. The Bertz CT molecular complexity index is 587. The highest BCUT2D eigenvalue weighted by atomic mass is 35.5. The molecular formula is C15H14ClNO3. The van der Waals surface area contributed by atoms with Gasteiger partial charge in [0, 0.05) is 6.07 Å². The van der Waals surface area contributed by atoms with Gasteiger partial charge < -0.3 is 9.47 Å². The Balaban J connectivity index is 1.94. The molecule has 0 aliphatic carbocycles. The van der Waals surface area contributed by atoms with E-state index in [1.165, 1.54) is 0 Å². The van der Waals surface area contributed by atoms with Gasteiger partial charge in [-0.1, -0.05) is 41.9 Å². The molecule has 1 N–H and O–H groups in total. The molecule has 2 rings (SSSR count). The molecule has 0 aromatic heterocycles. The van der Waals surface area contributed by atoms with Crippen molar-refractivity contribution in [3.63, 3.8) is 0 Å². The Labute approximate surface area is 122 Å². The van der Waals surface area contributed by atoms with Crippen LogP contribution in [0.3, 0.4) is 0 Å². The van der Waals surface area contributed by atoms with Crippen LogP contribution in [0.2, 0.25) is 5.02 Å². The van der Waals surface area contributed by atoms with Crippen molar-refractivity contribution in [2.75, 3.05) is 12.4 Å². The van der Waals surface area contributed by atoms with Crippen molar-refractivity contribution in [2.24, 2.45) is 0 Å². The first kappa shape index (κ1) is 14.2. The number of nitrogens with one attached hydrogen (secondary N) is 1. The molecule has 5 heteroatoms. The molecule has 104 valence electrons. The Morgan fingerprint density at radius 2 is 1.95 bits per heavy atom. The van der Waals surface area contributed by atoms with Gasteiger partial charge in [0.15, 0.2) is 0 Å². The second-order valence-corrected chi connectivity index (χ2v) is 4.44. The fourth-order valence-corrected chi connectivity index (χ4v) is 1.76. The molecule has 0 saturated carbocycles. The number of hydrogen-bond acceptors (Lipinski definition) is 3. The van der Waals surface area contributed by atoms with Gasteiger partial charge in [0.25, 0.3) is 0 Å². The number of hydrogen-bond donors (Lipinski definition) is 1. The van der Waals surface area contributed by atoms with Crippen LogP contribution in [0.5, 0.6) is 5.75 Å². The van der Waals surface area contributed by atoms with E-state index in [1.807, 2.05) is 30.3 Å². The van der Waals surface area contributed by atoms with Gasteiger partial charge >= 0.3 is 6.09 Å². The number of rotatable bonds is 4. The second-order valence-electron chi connectivity index (χ2n) is 4.03. The number of halogens is 1. The van der Waals surface area contributed by atoms with E-state index >= 15 is 0 Å². The molecule has 0 radical (unpaired) electrons. The maximum Gasteiger partial charge on any atom is 0.412 e. The molecule has 0 spiro atoms. The normalized spacial score (nSPS) is 9.90. The predicted molar refractivity (Wildman–Crippen MR) is 78.3 cm³/mol. The molecule has 0 aliphatic rings. The molecular weight excluding hydrogens is 278 g/mol. The fourth-order valence-electron chi connectivity index (χ4n) is 1.60. The van der Waals surface area contributed by atoms with E-state index in [0.717, 1.165) is 5.56 Å². The Kier molecular flexibility index (Phi) is 4.85. The van der Waals surface area contributed by atoms with Crippen molar-refractivity contribution >= 4 is 23.4 Å². The zero-order valence-electron chi connectivity index (χ0n) is 10.9. The quantitative estimate of drug-likeness (QED) is 0.922. The summed E-state index contributed by atoms with van der Waals surface area (Å²) >= 11 is 5.99. The lowest BCUT2D eigenvalue weighted by Gasteiger charge is -2.09. The molecule has 0 heterocycles. The number of methoxy groups -OCH3 is 1. The molecule has 2 aromatic rings. The van der Waals surface area contributed by atoms with Crippen LogP contribution >= 0.6 is 11.6 Å². The lowest BCUT2D eigenvalue weighted by molar-refractivity contribution is 0.155. The van der Waals surface area contributed by atoms with Crippen LogP contribution in [-0.4, -0.2) is 13.2 Å². The van der Waals surface area contributed by atoms with Crippen molar-refractivity contribution < 1.29 is 14.3 Å². The average molecular weight is 292 g/mol. The van der Waals surface area contributed by atoms with Crippen LogP contribution in [0.4, 0.5) is 10.5 Å². The Hall–Kier alpha value is -2.20. The van der Waals surface area contributed by atoms with Crippen molar-refractivity contribution in [1.29, 1.82) is 0 Å². The van der Waals surface area contributed by atoms with Crippen LogP contribution in [-0.2, 0) is 11.3 Å². The Morgan fingerprint density at radius 3 is 2.65 bits per heavy atom. The van der Waals surface area contributed by atoms with Crippen LogP contribution in [0, 0.1) is 0 Å². The summed E-state index contributed by atoms with van der Waals surface area (Å²) in [5.74, 6) is 0.604. The summed E-state index contributed by atoms with van der Waals surface area (Å²) in [6.45, 7) is 0.203. The first-order valence-electron chi connectivity index (χ1n) is 6.00. The molecule has 0 unspecified atom stereocenters. The van der Waals surface area contributed by atoms with E-state index in [1.54, 1.807) is 25.3 Å². The number of carbonyl (C=O) groups excluding carboxylic acids is 1. The van der Waals surface area contributed by atoms with Gasteiger partial charge in [-0.15, -0.1) is 0 Å². The van der Waals surface area contributed by atoms with E-state index in [-0.39, 0.29) is 6.61 Å². The maximum atomic E-state index is 11.7. The molecule has 2 aromatic carbocycles. The number of anilines is 1. The fraction of sp³-hybridized carbons (Fsp3) is 0.133. The van der Waals surface area contributed by atoms with E-state index in [0.29, 0.717) is 16.5 Å². The van der Waals surface area contributed by atoms with Gasteiger partial charge in [0.1, 0.15) is 12.4 Å². The van der Waals surface area contributed by atoms with Crippen molar-refractivity contribution in [1.82, 2.24) is 0 Å². The second kappa shape index (κ2) is 6.82. The molecule has 0 saturated heterocycles. The monoisotopic (exact) mass is 291 g/mol. The standard InChI is InChI=1S/C15H14ClNO3/c1-19-12-7-8-13(16)14(9-12)17-15(18)20-10-11-5-3-2-4-6-11/h2-9H,10H2,1H3,(H,17,18). The van der Waals surface area contributed by atoms with Gasteiger partial charge in [0.2, 0.25) is 0 Å². The van der Waals surface area contributed by atoms with E-state index in [9.17, 15) is 4.79 Å². The number of carbonyl (C=O) groups is 1. The first-order chi connectivity index (χ1) is 9.69. The van der Waals surface area contributed by atoms with Crippen molar-refractivity contribution in [3.05, 3.63) is 59.1 Å². The number of amides is 1. The lowest BCUT2D eigenvalue weighted by atomic mass is 10.2. The molecule has 1 amide bonds. The minimum atomic E-state index is -0.566. The van der Waals surface area contributed by atoms with Crippen molar-refractivity contribution in [2.45, 2.75) is 6.61 Å². The summed E-state index contributed by atoms with van der Waals surface area (Å²) in [4.78, 5) is 11.7. The molecule has 0 fully saturated rings. The molecule has 0 bridgehead atoms. The summed E-state index contributed by atoms with van der Waals surface area (Å²) in [5.41, 5.74) is 1.36. The third-order valence-corrected chi connectivity index (χ3v) is 2.95. The van der Waals surface area contributed by atoms with E-state index in [2.05, 4.69) is 5.32 Å². The minimum absolute atomic E-state index is 0.203. The summed E-state index contributed by atoms with van der Waals surface area (Å²) in [6, 6.07) is 14.4. The third-order valence-electron chi connectivity index (χ3n) is 2.62. The number of ether oxygens (including phenoxy) is 2. The third kappa shape index (κ3) is 3.90. The van der Waals surface area contributed by atoms with Crippen LogP contribution in [0.1, 0.15) is 5.56 Å². The highest BCUT2D eigenvalue weighted by Gasteiger charge is 2.08. The SMILES string of the molecule is COc1ccc(Cl)c(NC(=O)OCc2ccccc2)c1. The average Bonchev–Trinajstić information content (AvgIpc) is 2.48. The van der Waals surface area contributed by atoms with Gasteiger partial charge in [-0.3, -0.25) is 5.32 Å². The summed E-state index contributed by atoms with van der Waals surface area (Å²) < 4.78 is 10.2. The topological polar surface area (TPSA) is 47.6 Å². The molecule has 0 aliphatic heterocycles. The largest absolute Gasteiger partial charge is 0.497 e. The van der Waals surface area contributed by atoms with Gasteiger partial charge in [-0.2, -0.15) is 0 Å². The summed E-state index contributed by atoms with van der Waals surface area (Å²) in [6.07, 6.45) is -0.566. The first-order valence-corrected chi connectivity index (χ1v) is 6.38.